The minimum absolute atomic E-state index is 0.0295. The van der Waals surface area contributed by atoms with Crippen molar-refractivity contribution in [3.8, 4) is 0 Å². The molecule has 1 aliphatic heterocycles. The molecule has 0 saturated heterocycles. The summed E-state index contributed by atoms with van der Waals surface area (Å²) in [6, 6.07) is 14.1. The van der Waals surface area contributed by atoms with Crippen LogP contribution in [0.2, 0.25) is 10.0 Å². The van der Waals surface area contributed by atoms with Crippen molar-refractivity contribution < 1.29 is 32.3 Å². The number of hydrogen-bond acceptors (Lipinski definition) is 7. The van der Waals surface area contributed by atoms with Gasteiger partial charge in [-0.1, -0.05) is 65.7 Å². The number of esters is 1. The monoisotopic (exact) mass is 601 g/mol. The zero-order chi connectivity index (χ0) is 29.4. The van der Waals surface area contributed by atoms with E-state index < -0.39 is 57.7 Å². The lowest BCUT2D eigenvalue weighted by Gasteiger charge is -2.27. The fourth-order valence-corrected chi connectivity index (χ4v) is 5.33. The minimum Gasteiger partial charge on any atom is -0.447 e. The molecule has 2 amide bonds. The number of carbonyl (C=O) groups is 4. The number of carbonyl (C=O) groups excluding carboxylic acids is 4. The van der Waals surface area contributed by atoms with Crippen LogP contribution in [0.5, 0.6) is 0 Å². The van der Waals surface area contributed by atoms with Gasteiger partial charge < -0.3 is 4.74 Å². The van der Waals surface area contributed by atoms with Crippen molar-refractivity contribution in [3.05, 3.63) is 104 Å². The number of nitrogens with zero attached hydrogens (tertiary/aromatic N) is 1. The van der Waals surface area contributed by atoms with Crippen LogP contribution in [0.3, 0.4) is 0 Å². The van der Waals surface area contributed by atoms with Gasteiger partial charge in [-0.05, 0) is 49.6 Å². The third-order valence-corrected chi connectivity index (χ3v) is 8.37. The molecule has 0 bridgehead atoms. The molecular formula is C29H25Cl2NO7S. The van der Waals surface area contributed by atoms with Crippen molar-refractivity contribution >= 4 is 56.6 Å². The van der Waals surface area contributed by atoms with E-state index in [4.69, 9.17) is 27.9 Å². The fraction of sp³-hybridized carbons (Fsp3) is 0.241. The van der Waals surface area contributed by atoms with Gasteiger partial charge in [-0.2, -0.15) is 0 Å². The van der Waals surface area contributed by atoms with Gasteiger partial charge in [0.1, 0.15) is 15.9 Å². The van der Waals surface area contributed by atoms with Crippen LogP contribution in [0.15, 0.2) is 60.7 Å². The Morgan fingerprint density at radius 3 is 1.98 bits per heavy atom. The van der Waals surface area contributed by atoms with E-state index in [1.54, 1.807) is 48.5 Å². The fourth-order valence-electron chi connectivity index (χ4n) is 4.36. The van der Waals surface area contributed by atoms with E-state index in [9.17, 15) is 27.6 Å². The van der Waals surface area contributed by atoms with Crippen LogP contribution in [0.1, 0.15) is 60.3 Å². The van der Waals surface area contributed by atoms with E-state index in [1.807, 2.05) is 13.8 Å². The average Bonchev–Trinajstić information content (AvgIpc) is 3.13. The Kier molecular flexibility index (Phi) is 8.49. The molecule has 3 aromatic rings. The van der Waals surface area contributed by atoms with Crippen molar-refractivity contribution in [2.75, 3.05) is 12.0 Å². The SMILES string of the molecule is Cc1ccc(C(=O)[C@H](OC(=O)[C@@H](CCS(C)(=O)=O)N2C(=O)c3cc(Cl)c(Cl)cc3C2=O)c2ccccc2)cc1C. The Labute approximate surface area is 241 Å². The van der Waals surface area contributed by atoms with Gasteiger partial charge in [-0.3, -0.25) is 19.3 Å². The lowest BCUT2D eigenvalue weighted by molar-refractivity contribution is -0.152. The largest absolute Gasteiger partial charge is 0.447 e. The van der Waals surface area contributed by atoms with E-state index >= 15 is 0 Å². The quantitative estimate of drug-likeness (QED) is 0.188. The summed E-state index contributed by atoms with van der Waals surface area (Å²) in [5.41, 5.74) is 2.32. The summed E-state index contributed by atoms with van der Waals surface area (Å²) in [6.07, 6.45) is -0.896. The summed E-state index contributed by atoms with van der Waals surface area (Å²) < 4.78 is 29.7. The molecule has 4 rings (SSSR count). The number of Topliss-reactive ketones (excluding diaryl/α,β-unsaturated/α-hetero) is 1. The van der Waals surface area contributed by atoms with E-state index in [1.165, 1.54) is 12.1 Å². The Bertz CT molecular complexity index is 1600. The van der Waals surface area contributed by atoms with Crippen LogP contribution < -0.4 is 0 Å². The van der Waals surface area contributed by atoms with Gasteiger partial charge in [0.25, 0.3) is 11.8 Å². The molecule has 3 aromatic carbocycles. The number of imide groups is 1. The Morgan fingerprint density at radius 2 is 1.45 bits per heavy atom. The van der Waals surface area contributed by atoms with Gasteiger partial charge in [-0.15, -0.1) is 0 Å². The lowest BCUT2D eigenvalue weighted by Crippen LogP contribution is -2.47. The molecule has 1 heterocycles. The molecule has 40 heavy (non-hydrogen) atoms. The third kappa shape index (κ3) is 6.11. The van der Waals surface area contributed by atoms with Crippen molar-refractivity contribution in [1.82, 2.24) is 4.90 Å². The van der Waals surface area contributed by atoms with Crippen molar-refractivity contribution in [3.63, 3.8) is 0 Å². The second-order valence-electron chi connectivity index (χ2n) is 9.62. The summed E-state index contributed by atoms with van der Waals surface area (Å²) >= 11 is 12.1. The number of halogens is 2. The highest BCUT2D eigenvalue weighted by Gasteiger charge is 2.45. The standard InChI is InChI=1S/C29H25Cl2NO7S/c1-16-9-10-19(13-17(16)2)25(33)26(18-7-5-4-6-8-18)39-29(36)24(11-12-40(3,37)38)32-27(34)20-14-22(30)23(31)15-21(20)28(32)35/h4-10,13-15,24,26H,11-12H2,1-3H3/t24-,26-/m1/s1. The molecule has 0 spiro atoms. The van der Waals surface area contributed by atoms with Crippen LogP contribution in [-0.4, -0.2) is 54.9 Å². The van der Waals surface area contributed by atoms with Crippen LogP contribution in [0.25, 0.3) is 0 Å². The van der Waals surface area contributed by atoms with Gasteiger partial charge in [-0.25, -0.2) is 13.2 Å². The number of aryl methyl sites for hydroxylation is 2. The van der Waals surface area contributed by atoms with Gasteiger partial charge in [0.05, 0.1) is 26.9 Å². The minimum atomic E-state index is -3.61. The summed E-state index contributed by atoms with van der Waals surface area (Å²) in [5, 5.41) is 0.0589. The molecule has 0 aromatic heterocycles. The molecule has 2 atom stereocenters. The van der Waals surface area contributed by atoms with Crippen LogP contribution in [0.4, 0.5) is 0 Å². The molecule has 0 radical (unpaired) electrons. The van der Waals surface area contributed by atoms with Crippen molar-refractivity contribution in [2.24, 2.45) is 0 Å². The second-order valence-corrected chi connectivity index (χ2v) is 12.7. The first-order valence-corrected chi connectivity index (χ1v) is 15.0. The lowest BCUT2D eigenvalue weighted by atomic mass is 9.97. The number of sulfone groups is 1. The molecule has 0 unspecified atom stereocenters. The molecule has 0 N–H and O–H groups in total. The molecular weight excluding hydrogens is 577 g/mol. The van der Waals surface area contributed by atoms with Gasteiger partial charge in [0.15, 0.2) is 6.10 Å². The summed E-state index contributed by atoms with van der Waals surface area (Å²) in [4.78, 5) is 54.6. The average molecular weight is 602 g/mol. The topological polar surface area (TPSA) is 115 Å². The Hall–Kier alpha value is -3.53. The van der Waals surface area contributed by atoms with Gasteiger partial charge in [0.2, 0.25) is 5.78 Å². The summed E-state index contributed by atoms with van der Waals surface area (Å²) in [6.45, 7) is 3.74. The number of amides is 2. The number of ether oxygens (including phenoxy) is 1. The highest BCUT2D eigenvalue weighted by Crippen LogP contribution is 2.34. The van der Waals surface area contributed by atoms with Gasteiger partial charge >= 0.3 is 5.97 Å². The Morgan fingerprint density at radius 1 is 0.875 bits per heavy atom. The van der Waals surface area contributed by atoms with Crippen LogP contribution in [-0.2, 0) is 19.4 Å². The zero-order valence-electron chi connectivity index (χ0n) is 21.8. The predicted octanol–water partition coefficient (Wildman–Crippen LogP) is 5.18. The number of fused-ring (bicyclic) bond motifs is 1. The first-order chi connectivity index (χ1) is 18.8. The van der Waals surface area contributed by atoms with Crippen LogP contribution in [0, 0.1) is 13.8 Å². The number of ketones is 1. The van der Waals surface area contributed by atoms with E-state index in [0.29, 0.717) is 16.0 Å². The molecule has 0 fully saturated rings. The van der Waals surface area contributed by atoms with Crippen molar-refractivity contribution in [1.29, 1.82) is 0 Å². The second kappa shape index (κ2) is 11.5. The summed E-state index contributed by atoms with van der Waals surface area (Å²) in [5.74, 6) is -3.87. The molecule has 1 aliphatic rings. The molecule has 8 nitrogen and oxygen atoms in total. The van der Waals surface area contributed by atoms with E-state index in [-0.39, 0.29) is 21.2 Å². The smallest absolute Gasteiger partial charge is 0.330 e. The molecule has 0 aliphatic carbocycles. The maximum Gasteiger partial charge on any atom is 0.330 e. The van der Waals surface area contributed by atoms with Crippen LogP contribution >= 0.6 is 23.2 Å². The number of rotatable bonds is 9. The molecule has 208 valence electrons. The first kappa shape index (κ1) is 29.5. The third-order valence-electron chi connectivity index (χ3n) is 6.67. The zero-order valence-corrected chi connectivity index (χ0v) is 24.1. The maximum absolute atomic E-state index is 13.7. The van der Waals surface area contributed by atoms with E-state index in [0.717, 1.165) is 17.4 Å². The highest BCUT2D eigenvalue weighted by atomic mass is 35.5. The van der Waals surface area contributed by atoms with Crippen molar-refractivity contribution in [2.45, 2.75) is 32.4 Å². The maximum atomic E-state index is 13.7. The van der Waals surface area contributed by atoms with E-state index in [2.05, 4.69) is 0 Å². The first-order valence-electron chi connectivity index (χ1n) is 12.2. The molecule has 0 saturated carbocycles. The highest BCUT2D eigenvalue weighted by molar-refractivity contribution is 7.90. The molecule has 11 heteroatoms. The summed E-state index contributed by atoms with van der Waals surface area (Å²) in [7, 11) is -3.61. The number of benzene rings is 3. The van der Waals surface area contributed by atoms with Gasteiger partial charge in [0, 0.05) is 17.4 Å². The Balaban J connectivity index is 1.73. The normalized spacial score (nSPS) is 14.6. The number of hydrogen-bond donors (Lipinski definition) is 0. The predicted molar refractivity (Wildman–Crippen MR) is 151 cm³/mol.